The molecule has 0 aromatic carbocycles. The number of pyridine rings is 1. The molecule has 0 aliphatic rings. The fourth-order valence-electron chi connectivity index (χ4n) is 1.38. The Bertz CT molecular complexity index is 660. The number of nitrogens with one attached hydrogen (secondary N) is 1. The minimum atomic E-state index is -0.357. The molecule has 1 N–H and O–H groups in total. The Labute approximate surface area is 114 Å². The molecule has 2 heterocycles. The van der Waals surface area contributed by atoms with Gasteiger partial charge in [-0.1, -0.05) is 25.2 Å². The molecule has 0 spiro atoms. The number of rotatable bonds is 3. The Morgan fingerprint density at radius 3 is 2.74 bits per heavy atom. The zero-order valence-electron chi connectivity index (χ0n) is 10.9. The SMILES string of the molecule is CC(C)c1nnc(NC(=O)c2ccn(C)c(=O)c2)s1. The van der Waals surface area contributed by atoms with Crippen LogP contribution in [0.2, 0.25) is 0 Å². The van der Waals surface area contributed by atoms with E-state index >= 15 is 0 Å². The van der Waals surface area contributed by atoms with E-state index in [4.69, 9.17) is 0 Å². The molecule has 100 valence electrons. The van der Waals surface area contributed by atoms with Crippen molar-refractivity contribution in [2.24, 2.45) is 7.05 Å². The highest BCUT2D eigenvalue weighted by Gasteiger charge is 2.12. The molecule has 0 saturated carbocycles. The Hall–Kier alpha value is -2.02. The predicted molar refractivity (Wildman–Crippen MR) is 73.6 cm³/mol. The molecule has 0 unspecified atom stereocenters. The molecular formula is C12H14N4O2S. The summed E-state index contributed by atoms with van der Waals surface area (Å²) in [6.07, 6.45) is 1.55. The summed E-state index contributed by atoms with van der Waals surface area (Å²) < 4.78 is 1.40. The molecule has 7 heteroatoms. The van der Waals surface area contributed by atoms with E-state index in [1.807, 2.05) is 13.8 Å². The molecule has 0 atom stereocenters. The Kier molecular flexibility index (Phi) is 3.75. The van der Waals surface area contributed by atoms with Gasteiger partial charge in [0.15, 0.2) is 0 Å². The summed E-state index contributed by atoms with van der Waals surface area (Å²) >= 11 is 1.33. The zero-order chi connectivity index (χ0) is 14.0. The van der Waals surface area contributed by atoms with E-state index in [0.717, 1.165) is 5.01 Å². The summed E-state index contributed by atoms with van der Waals surface area (Å²) in [6.45, 7) is 4.01. The van der Waals surface area contributed by atoms with Gasteiger partial charge in [0.25, 0.3) is 11.5 Å². The van der Waals surface area contributed by atoms with Crippen molar-refractivity contribution < 1.29 is 4.79 Å². The molecule has 2 aromatic heterocycles. The molecule has 19 heavy (non-hydrogen) atoms. The zero-order valence-corrected chi connectivity index (χ0v) is 11.7. The first-order valence-electron chi connectivity index (χ1n) is 5.79. The van der Waals surface area contributed by atoms with Gasteiger partial charge in [0.05, 0.1) is 0 Å². The highest BCUT2D eigenvalue weighted by Crippen LogP contribution is 2.22. The Morgan fingerprint density at radius 2 is 2.16 bits per heavy atom. The molecule has 2 aromatic rings. The largest absolute Gasteiger partial charge is 0.319 e. The number of carbonyl (C=O) groups is 1. The molecule has 0 aliphatic heterocycles. The molecule has 0 bridgehead atoms. The minimum Gasteiger partial charge on any atom is -0.319 e. The monoisotopic (exact) mass is 278 g/mol. The van der Waals surface area contributed by atoms with E-state index in [0.29, 0.717) is 10.7 Å². The van der Waals surface area contributed by atoms with Gasteiger partial charge in [0, 0.05) is 30.8 Å². The van der Waals surface area contributed by atoms with Crippen molar-refractivity contribution in [2.75, 3.05) is 5.32 Å². The van der Waals surface area contributed by atoms with Crippen LogP contribution in [-0.2, 0) is 7.05 Å². The Morgan fingerprint density at radius 1 is 1.42 bits per heavy atom. The minimum absolute atomic E-state index is 0.229. The average Bonchev–Trinajstić information content (AvgIpc) is 2.81. The van der Waals surface area contributed by atoms with Gasteiger partial charge in [-0.3, -0.25) is 14.9 Å². The lowest BCUT2D eigenvalue weighted by Crippen LogP contribution is -2.19. The topological polar surface area (TPSA) is 76.9 Å². The first-order valence-corrected chi connectivity index (χ1v) is 6.60. The number of hydrogen-bond donors (Lipinski definition) is 1. The van der Waals surface area contributed by atoms with Crippen molar-refractivity contribution in [3.05, 3.63) is 39.3 Å². The van der Waals surface area contributed by atoms with E-state index < -0.39 is 0 Å². The first-order chi connectivity index (χ1) is 8.97. The van der Waals surface area contributed by atoms with Gasteiger partial charge in [-0.05, 0) is 6.07 Å². The summed E-state index contributed by atoms with van der Waals surface area (Å²) in [6, 6.07) is 2.88. The molecule has 1 amide bonds. The predicted octanol–water partition coefficient (Wildman–Crippen LogP) is 1.61. The number of nitrogens with zero attached hydrogens (tertiary/aromatic N) is 3. The third-order valence-corrected chi connectivity index (χ3v) is 3.66. The summed E-state index contributed by atoms with van der Waals surface area (Å²) in [5, 5.41) is 11.8. The highest BCUT2D eigenvalue weighted by molar-refractivity contribution is 7.15. The lowest BCUT2D eigenvalue weighted by Gasteiger charge is -2.02. The van der Waals surface area contributed by atoms with Crippen LogP contribution in [0.1, 0.15) is 35.1 Å². The summed E-state index contributed by atoms with van der Waals surface area (Å²) in [4.78, 5) is 23.4. The number of anilines is 1. The number of carbonyl (C=O) groups excluding carboxylic acids is 1. The van der Waals surface area contributed by atoms with E-state index in [9.17, 15) is 9.59 Å². The van der Waals surface area contributed by atoms with Gasteiger partial charge in [-0.25, -0.2) is 0 Å². The van der Waals surface area contributed by atoms with Gasteiger partial charge in [0.1, 0.15) is 5.01 Å². The fraction of sp³-hybridized carbons (Fsp3) is 0.333. The average molecular weight is 278 g/mol. The number of aromatic nitrogens is 3. The van der Waals surface area contributed by atoms with Crippen molar-refractivity contribution in [3.8, 4) is 0 Å². The molecule has 0 saturated heterocycles. The molecule has 0 fully saturated rings. The van der Waals surface area contributed by atoms with E-state index in [1.165, 1.54) is 22.0 Å². The van der Waals surface area contributed by atoms with Crippen LogP contribution in [0.3, 0.4) is 0 Å². The van der Waals surface area contributed by atoms with Crippen LogP contribution in [0.4, 0.5) is 5.13 Å². The van der Waals surface area contributed by atoms with Crippen LogP contribution in [0.25, 0.3) is 0 Å². The van der Waals surface area contributed by atoms with Crippen LogP contribution in [-0.4, -0.2) is 20.7 Å². The van der Waals surface area contributed by atoms with Crippen molar-refractivity contribution >= 4 is 22.4 Å². The quantitative estimate of drug-likeness (QED) is 0.925. The van der Waals surface area contributed by atoms with Gasteiger partial charge in [-0.15, -0.1) is 10.2 Å². The normalized spacial score (nSPS) is 10.7. The van der Waals surface area contributed by atoms with E-state index in [-0.39, 0.29) is 17.4 Å². The van der Waals surface area contributed by atoms with Gasteiger partial charge >= 0.3 is 0 Å². The third kappa shape index (κ3) is 3.05. The smallest absolute Gasteiger partial charge is 0.257 e. The summed E-state index contributed by atoms with van der Waals surface area (Å²) in [7, 11) is 1.63. The second-order valence-corrected chi connectivity index (χ2v) is 5.43. The third-order valence-electron chi connectivity index (χ3n) is 2.52. The number of hydrogen-bond acceptors (Lipinski definition) is 5. The maximum absolute atomic E-state index is 11.9. The van der Waals surface area contributed by atoms with Crippen molar-refractivity contribution in [3.63, 3.8) is 0 Å². The summed E-state index contributed by atoms with van der Waals surface area (Å²) in [5.41, 5.74) is 0.0807. The van der Waals surface area contributed by atoms with Crippen molar-refractivity contribution in [1.82, 2.24) is 14.8 Å². The lowest BCUT2D eigenvalue weighted by atomic mass is 10.2. The van der Waals surface area contributed by atoms with Crippen LogP contribution in [0.15, 0.2) is 23.1 Å². The maximum atomic E-state index is 11.9. The van der Waals surface area contributed by atoms with E-state index in [2.05, 4.69) is 15.5 Å². The van der Waals surface area contributed by atoms with Gasteiger partial charge < -0.3 is 4.57 Å². The second kappa shape index (κ2) is 5.31. The molecule has 6 nitrogen and oxygen atoms in total. The molecule has 0 aliphatic carbocycles. The van der Waals surface area contributed by atoms with E-state index in [1.54, 1.807) is 19.3 Å². The van der Waals surface area contributed by atoms with Crippen molar-refractivity contribution in [1.29, 1.82) is 0 Å². The molecular weight excluding hydrogens is 264 g/mol. The maximum Gasteiger partial charge on any atom is 0.257 e. The van der Waals surface area contributed by atoms with Crippen LogP contribution in [0, 0.1) is 0 Å². The van der Waals surface area contributed by atoms with Gasteiger partial charge in [-0.2, -0.15) is 0 Å². The first kappa shape index (κ1) is 13.4. The van der Waals surface area contributed by atoms with Gasteiger partial charge in [0.2, 0.25) is 5.13 Å². The van der Waals surface area contributed by atoms with Crippen LogP contribution >= 0.6 is 11.3 Å². The van der Waals surface area contributed by atoms with Crippen LogP contribution < -0.4 is 10.9 Å². The fourth-order valence-corrected chi connectivity index (χ4v) is 2.12. The highest BCUT2D eigenvalue weighted by atomic mass is 32.1. The second-order valence-electron chi connectivity index (χ2n) is 4.42. The molecule has 0 radical (unpaired) electrons. The summed E-state index contributed by atoms with van der Waals surface area (Å²) in [5.74, 6) is -0.0867. The standard InChI is InChI=1S/C12H14N4O2S/c1-7(2)11-14-15-12(19-11)13-10(18)8-4-5-16(3)9(17)6-8/h4-7H,1-3H3,(H,13,15,18). The number of aryl methyl sites for hydroxylation is 1. The lowest BCUT2D eigenvalue weighted by molar-refractivity contribution is 0.102. The number of amides is 1. The Balaban J connectivity index is 2.15. The molecule has 2 rings (SSSR count). The van der Waals surface area contributed by atoms with Crippen molar-refractivity contribution in [2.45, 2.75) is 19.8 Å². The van der Waals surface area contributed by atoms with Crippen LogP contribution in [0.5, 0.6) is 0 Å².